The molecule has 0 spiro atoms. The molecule has 0 aliphatic carbocycles. The number of halogens is 3. The zero-order valence-corrected chi connectivity index (χ0v) is 11.6. The van der Waals surface area contributed by atoms with Crippen molar-refractivity contribution in [1.82, 2.24) is 9.97 Å². The molecular weight excluding hydrogens is 307 g/mol. The largest absolute Gasteiger partial charge is 0.404 e. The van der Waals surface area contributed by atoms with Gasteiger partial charge in [0.15, 0.2) is 17.4 Å². The van der Waals surface area contributed by atoms with Crippen LogP contribution in [0, 0.1) is 17.5 Å². The molecule has 0 atom stereocenters. The monoisotopic (exact) mass is 317 g/mol. The molecule has 3 rings (SSSR count). The number of hydrogen-bond donors (Lipinski definition) is 2. The molecule has 116 valence electrons. The molecule has 23 heavy (non-hydrogen) atoms. The van der Waals surface area contributed by atoms with Crippen LogP contribution in [0.4, 0.5) is 13.2 Å². The van der Waals surface area contributed by atoms with Crippen molar-refractivity contribution in [1.29, 1.82) is 0 Å². The van der Waals surface area contributed by atoms with E-state index in [0.29, 0.717) is 17.1 Å². The van der Waals surface area contributed by atoms with Crippen LogP contribution in [0.5, 0.6) is 0 Å². The van der Waals surface area contributed by atoms with Crippen molar-refractivity contribution in [3.63, 3.8) is 0 Å². The Kier molecular flexibility index (Phi) is 3.61. The lowest BCUT2D eigenvalue weighted by molar-refractivity contribution is 0.105. The number of pyridine rings is 1. The van der Waals surface area contributed by atoms with Crippen LogP contribution >= 0.6 is 0 Å². The van der Waals surface area contributed by atoms with Crippen LogP contribution in [0.25, 0.3) is 16.6 Å². The maximum atomic E-state index is 13.9. The van der Waals surface area contributed by atoms with Gasteiger partial charge in [0, 0.05) is 29.5 Å². The zero-order valence-electron chi connectivity index (χ0n) is 11.6. The van der Waals surface area contributed by atoms with Crippen LogP contribution in [0.15, 0.2) is 42.9 Å². The van der Waals surface area contributed by atoms with Gasteiger partial charge in [0.2, 0.25) is 0 Å². The number of aromatic nitrogens is 2. The molecular formula is C16H10F3N3O. The molecule has 0 radical (unpaired) electrons. The number of nitrogens with zero attached hydrogens (tertiary/aromatic N) is 1. The first-order chi connectivity index (χ1) is 11.0. The Morgan fingerprint density at radius 2 is 1.91 bits per heavy atom. The lowest BCUT2D eigenvalue weighted by Crippen LogP contribution is -2.09. The highest BCUT2D eigenvalue weighted by atomic mass is 19.2. The minimum absolute atomic E-state index is 0.132. The lowest BCUT2D eigenvalue weighted by atomic mass is 9.96. The topological polar surface area (TPSA) is 71.8 Å². The predicted octanol–water partition coefficient (Wildman–Crippen LogP) is 3.16. The lowest BCUT2D eigenvalue weighted by Gasteiger charge is -2.09. The Hall–Kier alpha value is -3.09. The van der Waals surface area contributed by atoms with Crippen LogP contribution in [-0.2, 0) is 0 Å². The number of aromatic amines is 1. The van der Waals surface area contributed by atoms with Gasteiger partial charge in [-0.15, -0.1) is 0 Å². The van der Waals surface area contributed by atoms with Gasteiger partial charge < -0.3 is 10.7 Å². The summed E-state index contributed by atoms with van der Waals surface area (Å²) in [5.74, 6) is -4.55. The first-order valence-electron chi connectivity index (χ1n) is 6.57. The summed E-state index contributed by atoms with van der Waals surface area (Å²) in [5.41, 5.74) is 4.69. The maximum Gasteiger partial charge on any atom is 0.197 e. The summed E-state index contributed by atoms with van der Waals surface area (Å²) in [5, 5.41) is 0.467. The molecule has 3 N–H and O–H groups in total. The normalized spacial score (nSPS) is 11.9. The molecule has 0 saturated heterocycles. The van der Waals surface area contributed by atoms with Gasteiger partial charge in [0.1, 0.15) is 11.5 Å². The van der Waals surface area contributed by atoms with Crippen molar-refractivity contribution in [2.45, 2.75) is 0 Å². The van der Waals surface area contributed by atoms with E-state index in [-0.39, 0.29) is 5.56 Å². The van der Waals surface area contributed by atoms with Crippen molar-refractivity contribution in [2.75, 3.05) is 0 Å². The smallest absolute Gasteiger partial charge is 0.197 e. The second-order valence-electron chi connectivity index (χ2n) is 4.73. The average Bonchev–Trinajstić information content (AvgIpc) is 2.98. The molecule has 0 unspecified atom stereocenters. The number of carbonyl (C=O) groups excluding carboxylic acids is 1. The van der Waals surface area contributed by atoms with E-state index in [0.717, 1.165) is 12.3 Å². The molecule has 4 nitrogen and oxygen atoms in total. The zero-order chi connectivity index (χ0) is 16.6. The van der Waals surface area contributed by atoms with Crippen LogP contribution < -0.4 is 5.73 Å². The second kappa shape index (κ2) is 5.60. The molecule has 0 saturated carbocycles. The summed E-state index contributed by atoms with van der Waals surface area (Å²) < 4.78 is 41.2. The van der Waals surface area contributed by atoms with E-state index < -0.39 is 34.4 Å². The molecule has 0 fully saturated rings. The van der Waals surface area contributed by atoms with Crippen molar-refractivity contribution in [3.05, 3.63) is 71.4 Å². The Labute approximate surface area is 128 Å². The van der Waals surface area contributed by atoms with Gasteiger partial charge in [-0.1, -0.05) is 0 Å². The molecule has 0 aliphatic heterocycles. The van der Waals surface area contributed by atoms with E-state index in [1.54, 1.807) is 12.1 Å². The van der Waals surface area contributed by atoms with Crippen LogP contribution in [0.2, 0.25) is 0 Å². The molecule has 7 heteroatoms. The third kappa shape index (κ3) is 2.36. The van der Waals surface area contributed by atoms with Crippen molar-refractivity contribution < 1.29 is 18.0 Å². The molecule has 2 aromatic heterocycles. The Bertz CT molecular complexity index is 947. The Morgan fingerprint density at radius 3 is 2.65 bits per heavy atom. The number of rotatable bonds is 3. The number of nitrogens with two attached hydrogens (primary N) is 1. The number of benzene rings is 1. The van der Waals surface area contributed by atoms with E-state index in [2.05, 4.69) is 9.97 Å². The number of fused-ring (bicyclic) bond motifs is 1. The van der Waals surface area contributed by atoms with Gasteiger partial charge in [0.05, 0.1) is 11.1 Å². The van der Waals surface area contributed by atoms with Crippen molar-refractivity contribution in [2.24, 2.45) is 5.73 Å². The van der Waals surface area contributed by atoms with Crippen LogP contribution in [-0.4, -0.2) is 15.8 Å². The molecule has 0 amide bonds. The third-order valence-electron chi connectivity index (χ3n) is 3.42. The number of H-pyrrole nitrogens is 1. The number of hydrogen-bond acceptors (Lipinski definition) is 3. The van der Waals surface area contributed by atoms with Gasteiger partial charge in [0.25, 0.3) is 0 Å². The molecule has 0 aliphatic rings. The summed E-state index contributed by atoms with van der Waals surface area (Å²) in [6, 6.07) is 4.62. The van der Waals surface area contributed by atoms with Crippen molar-refractivity contribution in [3.8, 4) is 0 Å². The predicted molar refractivity (Wildman–Crippen MR) is 78.9 cm³/mol. The maximum absolute atomic E-state index is 13.9. The highest BCUT2D eigenvalue weighted by Gasteiger charge is 2.25. The second-order valence-corrected chi connectivity index (χ2v) is 4.73. The van der Waals surface area contributed by atoms with E-state index >= 15 is 0 Å². The Morgan fingerprint density at radius 1 is 1.17 bits per heavy atom. The van der Waals surface area contributed by atoms with Gasteiger partial charge >= 0.3 is 0 Å². The standard InChI is InChI=1S/C16H10F3N3O/c17-11-3-4-12(18)14(19)13(11)9(6-20)15(23)10-7-22-16-8(10)2-1-5-21-16/h1-7H,20H2,(H,21,22). The number of allylic oxidation sites excluding steroid dienone is 1. The fraction of sp³-hybridized carbons (Fsp3) is 0. The van der Waals surface area contributed by atoms with Gasteiger partial charge in [-0.3, -0.25) is 4.79 Å². The summed E-state index contributed by atoms with van der Waals surface area (Å²) in [6.45, 7) is 0. The fourth-order valence-electron chi connectivity index (χ4n) is 2.34. The first-order valence-corrected chi connectivity index (χ1v) is 6.57. The Balaban J connectivity index is 2.16. The average molecular weight is 317 g/mol. The van der Waals surface area contributed by atoms with Crippen LogP contribution in [0.1, 0.15) is 15.9 Å². The molecule has 2 heterocycles. The van der Waals surface area contributed by atoms with E-state index in [9.17, 15) is 18.0 Å². The SMILES string of the molecule is NC=C(C(=O)c1c[nH]c2ncccc12)c1c(F)ccc(F)c1F. The van der Waals surface area contributed by atoms with Gasteiger partial charge in [-0.2, -0.15) is 0 Å². The van der Waals surface area contributed by atoms with E-state index in [1.807, 2.05) is 0 Å². The minimum atomic E-state index is -1.46. The van der Waals surface area contributed by atoms with E-state index in [1.165, 1.54) is 12.4 Å². The number of ketones is 1. The van der Waals surface area contributed by atoms with Gasteiger partial charge in [-0.05, 0) is 24.3 Å². The summed E-state index contributed by atoms with van der Waals surface area (Å²) >= 11 is 0. The molecule has 3 aromatic rings. The summed E-state index contributed by atoms with van der Waals surface area (Å²) in [4.78, 5) is 19.4. The number of Topliss-reactive ketones (excluding diaryl/α,β-unsaturated/α-hetero) is 1. The number of nitrogens with one attached hydrogen (secondary N) is 1. The first kappa shape index (κ1) is 14.8. The van der Waals surface area contributed by atoms with Crippen LogP contribution in [0.3, 0.4) is 0 Å². The van der Waals surface area contributed by atoms with Crippen molar-refractivity contribution >= 4 is 22.4 Å². The summed E-state index contributed by atoms with van der Waals surface area (Å²) in [6.07, 6.45) is 3.65. The minimum Gasteiger partial charge on any atom is -0.404 e. The summed E-state index contributed by atoms with van der Waals surface area (Å²) in [7, 11) is 0. The third-order valence-corrected chi connectivity index (χ3v) is 3.42. The quantitative estimate of drug-likeness (QED) is 0.443. The van der Waals surface area contributed by atoms with E-state index in [4.69, 9.17) is 5.73 Å². The highest BCUT2D eigenvalue weighted by molar-refractivity contribution is 6.32. The number of carbonyl (C=O) groups is 1. The fourth-order valence-corrected chi connectivity index (χ4v) is 2.34. The molecule has 1 aromatic carbocycles. The molecule has 0 bridgehead atoms. The van der Waals surface area contributed by atoms with Gasteiger partial charge in [-0.25, -0.2) is 18.2 Å². The highest BCUT2D eigenvalue weighted by Crippen LogP contribution is 2.28.